The van der Waals surface area contributed by atoms with Crippen LogP contribution >= 0.6 is 34.7 Å². The van der Waals surface area contributed by atoms with Crippen LogP contribution in [-0.4, -0.2) is 33.6 Å². The monoisotopic (exact) mass is 523 g/mol. The minimum absolute atomic E-state index is 0.0660. The number of hydrogen-bond donors (Lipinski definition) is 3. The van der Waals surface area contributed by atoms with Crippen molar-refractivity contribution in [3.8, 4) is 11.3 Å². The van der Waals surface area contributed by atoms with E-state index in [4.69, 9.17) is 11.6 Å². The van der Waals surface area contributed by atoms with Gasteiger partial charge in [-0.05, 0) is 48.5 Å². The maximum Gasteiger partial charge on any atom is 0.336 e. The molecule has 176 valence electrons. The summed E-state index contributed by atoms with van der Waals surface area (Å²) < 4.78 is 0. The second-order valence-electron chi connectivity index (χ2n) is 7.21. The summed E-state index contributed by atoms with van der Waals surface area (Å²) in [5.41, 5.74) is 2.21. The summed E-state index contributed by atoms with van der Waals surface area (Å²) in [7, 11) is 0. The Morgan fingerprint density at radius 3 is 2.29 bits per heavy atom. The predicted molar refractivity (Wildman–Crippen MR) is 140 cm³/mol. The fourth-order valence-corrected chi connectivity index (χ4v) is 4.65. The number of aromatic nitrogens is 1. The van der Waals surface area contributed by atoms with E-state index in [1.54, 1.807) is 48.5 Å². The van der Waals surface area contributed by atoms with E-state index in [2.05, 4.69) is 15.6 Å². The van der Waals surface area contributed by atoms with Gasteiger partial charge in [-0.1, -0.05) is 35.9 Å². The number of carboxylic acids is 1. The lowest BCUT2D eigenvalue weighted by molar-refractivity contribution is -0.113. The molecule has 0 fully saturated rings. The predicted octanol–water partition coefficient (Wildman–Crippen LogP) is 6.14. The number of carboxylic acid groups (broad SMARTS) is 1. The molecule has 1 heterocycles. The van der Waals surface area contributed by atoms with E-state index >= 15 is 0 Å². The van der Waals surface area contributed by atoms with Gasteiger partial charge in [-0.25, -0.2) is 9.78 Å². The highest BCUT2D eigenvalue weighted by Gasteiger charge is 2.16. The number of thiazole rings is 1. The van der Waals surface area contributed by atoms with Crippen molar-refractivity contribution < 1.29 is 19.5 Å². The molecule has 10 heteroatoms. The van der Waals surface area contributed by atoms with Crippen molar-refractivity contribution in [3.05, 3.63) is 94.3 Å². The first-order valence-corrected chi connectivity index (χ1v) is 12.5. The van der Waals surface area contributed by atoms with Gasteiger partial charge in [0.05, 0.1) is 22.6 Å². The van der Waals surface area contributed by atoms with Crippen LogP contribution in [0.1, 0.15) is 20.7 Å². The number of amides is 2. The Kier molecular flexibility index (Phi) is 7.81. The third kappa shape index (κ3) is 6.48. The van der Waals surface area contributed by atoms with Crippen LogP contribution in [0.4, 0.5) is 10.8 Å². The van der Waals surface area contributed by atoms with Crippen molar-refractivity contribution in [2.24, 2.45) is 0 Å². The largest absolute Gasteiger partial charge is 0.478 e. The normalized spacial score (nSPS) is 10.5. The van der Waals surface area contributed by atoms with Crippen molar-refractivity contribution in [3.63, 3.8) is 0 Å². The first-order valence-electron chi connectivity index (χ1n) is 10.3. The average Bonchev–Trinajstić information content (AvgIpc) is 3.32. The highest BCUT2D eigenvalue weighted by Crippen LogP contribution is 2.27. The quantitative estimate of drug-likeness (QED) is 0.239. The molecule has 3 N–H and O–H groups in total. The summed E-state index contributed by atoms with van der Waals surface area (Å²) >= 11 is 8.60. The molecule has 4 aromatic rings. The van der Waals surface area contributed by atoms with Gasteiger partial charge in [0.2, 0.25) is 5.91 Å². The van der Waals surface area contributed by atoms with Crippen molar-refractivity contribution in [2.45, 2.75) is 4.90 Å². The maximum atomic E-state index is 12.5. The van der Waals surface area contributed by atoms with E-state index in [0.29, 0.717) is 15.8 Å². The molecule has 1 aromatic heterocycles. The Hall–Kier alpha value is -3.66. The highest BCUT2D eigenvalue weighted by atomic mass is 35.5. The van der Waals surface area contributed by atoms with Crippen LogP contribution in [0.3, 0.4) is 0 Å². The highest BCUT2D eigenvalue weighted by molar-refractivity contribution is 8.00. The van der Waals surface area contributed by atoms with Crippen LogP contribution < -0.4 is 10.6 Å². The third-order valence-corrected chi connectivity index (χ3v) is 6.80. The van der Waals surface area contributed by atoms with Crippen LogP contribution in [0.25, 0.3) is 11.3 Å². The molecule has 0 radical (unpaired) electrons. The Bertz CT molecular complexity index is 1370. The molecule has 0 aliphatic rings. The van der Waals surface area contributed by atoms with Crippen LogP contribution in [0.2, 0.25) is 5.02 Å². The molecule has 0 bridgehead atoms. The summed E-state index contributed by atoms with van der Waals surface area (Å²) in [5, 5.41) is 17.8. The summed E-state index contributed by atoms with van der Waals surface area (Å²) in [4.78, 5) is 41.4. The molecule has 0 unspecified atom stereocenters. The van der Waals surface area contributed by atoms with Crippen molar-refractivity contribution in [1.82, 2.24) is 4.98 Å². The standard InChI is InChI=1S/C25H18ClN3O4S2/c26-16-7-5-15(6-8-16)21-13-35-25(28-21)29-22(30)14-34-18-11-9-17(10-12-18)27-23(31)19-3-1-2-4-20(19)24(32)33/h1-13H,14H2,(H,27,31)(H,32,33)(H,28,29,30). The van der Waals surface area contributed by atoms with Gasteiger partial charge in [-0.15, -0.1) is 23.1 Å². The number of nitrogens with one attached hydrogen (secondary N) is 2. The molecule has 0 atom stereocenters. The lowest BCUT2D eigenvalue weighted by Gasteiger charge is -2.08. The van der Waals surface area contributed by atoms with E-state index in [1.165, 1.54) is 35.2 Å². The van der Waals surface area contributed by atoms with E-state index in [1.807, 2.05) is 17.5 Å². The molecule has 3 aromatic carbocycles. The zero-order chi connectivity index (χ0) is 24.8. The topological polar surface area (TPSA) is 108 Å². The molecule has 0 spiro atoms. The van der Waals surface area contributed by atoms with Crippen molar-refractivity contribution in [1.29, 1.82) is 0 Å². The van der Waals surface area contributed by atoms with E-state index in [0.717, 1.165) is 16.2 Å². The number of halogens is 1. The molecular formula is C25H18ClN3O4S2. The summed E-state index contributed by atoms with van der Waals surface area (Å²) in [6, 6.07) is 20.3. The second kappa shape index (κ2) is 11.2. The molecule has 0 saturated carbocycles. The second-order valence-corrected chi connectivity index (χ2v) is 9.55. The molecule has 0 aliphatic carbocycles. The van der Waals surface area contributed by atoms with Crippen LogP contribution in [0.5, 0.6) is 0 Å². The lowest BCUT2D eigenvalue weighted by atomic mass is 10.1. The molecular weight excluding hydrogens is 506 g/mol. The Morgan fingerprint density at radius 1 is 0.914 bits per heavy atom. The zero-order valence-electron chi connectivity index (χ0n) is 18.0. The molecule has 35 heavy (non-hydrogen) atoms. The molecule has 2 amide bonds. The van der Waals surface area contributed by atoms with E-state index in [9.17, 15) is 19.5 Å². The minimum atomic E-state index is -1.17. The molecule has 7 nitrogen and oxygen atoms in total. The summed E-state index contributed by atoms with van der Waals surface area (Å²) in [5.74, 6) is -1.67. The zero-order valence-corrected chi connectivity index (χ0v) is 20.4. The fraction of sp³-hybridized carbons (Fsp3) is 0.0400. The number of hydrogen-bond acceptors (Lipinski definition) is 6. The average molecular weight is 524 g/mol. The van der Waals surface area contributed by atoms with Gasteiger partial charge in [-0.2, -0.15) is 0 Å². The van der Waals surface area contributed by atoms with Gasteiger partial charge in [0, 0.05) is 26.5 Å². The Balaban J connectivity index is 1.29. The van der Waals surface area contributed by atoms with Gasteiger partial charge in [0.15, 0.2) is 5.13 Å². The third-order valence-electron chi connectivity index (χ3n) is 4.77. The summed E-state index contributed by atoms with van der Waals surface area (Å²) in [6.45, 7) is 0. The van der Waals surface area contributed by atoms with Crippen LogP contribution in [-0.2, 0) is 4.79 Å². The maximum absolute atomic E-state index is 12.5. The fourth-order valence-electron chi connectivity index (χ4n) is 3.09. The minimum Gasteiger partial charge on any atom is -0.478 e. The number of aromatic carboxylic acids is 1. The number of rotatable bonds is 8. The SMILES string of the molecule is O=C(CSc1ccc(NC(=O)c2ccccc2C(=O)O)cc1)Nc1nc(-c2ccc(Cl)cc2)cs1. The first kappa shape index (κ1) is 24.5. The molecule has 0 saturated heterocycles. The van der Waals surface area contributed by atoms with Gasteiger partial charge >= 0.3 is 5.97 Å². The lowest BCUT2D eigenvalue weighted by Crippen LogP contribution is -2.16. The number of nitrogens with zero attached hydrogens (tertiary/aromatic N) is 1. The molecule has 0 aliphatic heterocycles. The number of anilines is 2. The van der Waals surface area contributed by atoms with Gasteiger partial charge < -0.3 is 15.7 Å². The van der Waals surface area contributed by atoms with Crippen molar-refractivity contribution in [2.75, 3.05) is 16.4 Å². The van der Waals surface area contributed by atoms with E-state index in [-0.39, 0.29) is 22.8 Å². The van der Waals surface area contributed by atoms with Gasteiger partial charge in [0.1, 0.15) is 0 Å². The van der Waals surface area contributed by atoms with Gasteiger partial charge in [-0.3, -0.25) is 9.59 Å². The Labute approximate surface area is 214 Å². The first-order chi connectivity index (χ1) is 16.9. The molecule has 4 rings (SSSR count). The Morgan fingerprint density at radius 2 is 1.60 bits per heavy atom. The van der Waals surface area contributed by atoms with Crippen LogP contribution in [0, 0.1) is 0 Å². The number of carbonyl (C=O) groups is 3. The van der Waals surface area contributed by atoms with E-state index < -0.39 is 11.9 Å². The van der Waals surface area contributed by atoms with Crippen molar-refractivity contribution >= 4 is 63.3 Å². The number of carbonyl (C=O) groups excluding carboxylic acids is 2. The number of benzene rings is 3. The summed E-state index contributed by atoms with van der Waals surface area (Å²) in [6.07, 6.45) is 0. The smallest absolute Gasteiger partial charge is 0.336 e. The van der Waals surface area contributed by atoms with Crippen LogP contribution in [0.15, 0.2) is 83.1 Å². The number of thioether (sulfide) groups is 1. The van der Waals surface area contributed by atoms with Gasteiger partial charge in [0.25, 0.3) is 5.91 Å².